The number of likely N-dealkylation sites (tertiary alicyclic amines) is 1. The number of carbonyl (C=O) groups is 2. The third-order valence-corrected chi connectivity index (χ3v) is 3.71. The van der Waals surface area contributed by atoms with Crippen LogP contribution < -0.4 is 0 Å². The van der Waals surface area contributed by atoms with Crippen molar-refractivity contribution in [3.05, 3.63) is 11.6 Å². The number of carboxylic acids is 1. The Morgan fingerprint density at radius 3 is 2.74 bits per heavy atom. The molecule has 0 saturated carbocycles. The van der Waals surface area contributed by atoms with Crippen molar-refractivity contribution in [2.75, 3.05) is 39.9 Å². The number of methoxy groups -OCH3 is 1. The van der Waals surface area contributed by atoms with Crippen molar-refractivity contribution in [1.82, 2.24) is 9.80 Å². The van der Waals surface area contributed by atoms with Crippen LogP contribution in [0.3, 0.4) is 0 Å². The largest absolute Gasteiger partial charge is 0.481 e. The van der Waals surface area contributed by atoms with E-state index in [-0.39, 0.29) is 6.03 Å². The number of nitrogens with zero attached hydrogens (tertiary/aromatic N) is 2. The molecule has 0 aromatic rings. The number of hydrogen-bond acceptors (Lipinski definition) is 3. The van der Waals surface area contributed by atoms with E-state index in [1.807, 2.05) is 6.08 Å². The lowest BCUT2D eigenvalue weighted by Crippen LogP contribution is -2.44. The topological polar surface area (TPSA) is 70.1 Å². The molecule has 2 aliphatic rings. The van der Waals surface area contributed by atoms with Crippen molar-refractivity contribution in [2.45, 2.75) is 12.8 Å². The van der Waals surface area contributed by atoms with Gasteiger partial charge in [0.1, 0.15) is 0 Å². The number of urea groups is 1. The first kappa shape index (κ1) is 13.9. The van der Waals surface area contributed by atoms with Crippen LogP contribution in [-0.2, 0) is 9.53 Å². The standard InChI is InChI=1S/C13H20N2O4/c1-19-9-10-2-5-14(6-3-10)13(18)15-7-4-11(8-15)12(16)17/h2,11H,3-9H2,1H3,(H,16,17). The molecule has 0 spiro atoms. The van der Waals surface area contributed by atoms with Crippen molar-refractivity contribution in [2.24, 2.45) is 5.92 Å². The zero-order chi connectivity index (χ0) is 13.8. The molecule has 1 unspecified atom stereocenters. The molecule has 2 rings (SSSR count). The first-order valence-corrected chi connectivity index (χ1v) is 6.55. The molecule has 0 radical (unpaired) electrons. The highest BCUT2D eigenvalue weighted by Crippen LogP contribution is 2.20. The summed E-state index contributed by atoms with van der Waals surface area (Å²) in [5.74, 6) is -1.22. The van der Waals surface area contributed by atoms with Gasteiger partial charge in [0.2, 0.25) is 0 Å². The minimum atomic E-state index is -0.809. The minimum Gasteiger partial charge on any atom is -0.481 e. The quantitative estimate of drug-likeness (QED) is 0.768. The molecule has 0 bridgehead atoms. The molecule has 1 N–H and O–H groups in total. The van der Waals surface area contributed by atoms with Crippen molar-refractivity contribution < 1.29 is 19.4 Å². The van der Waals surface area contributed by atoms with Gasteiger partial charge in [-0.3, -0.25) is 4.79 Å². The van der Waals surface area contributed by atoms with E-state index in [2.05, 4.69) is 0 Å². The highest BCUT2D eigenvalue weighted by molar-refractivity contribution is 5.77. The lowest BCUT2D eigenvalue weighted by molar-refractivity contribution is -0.141. The first-order valence-electron chi connectivity index (χ1n) is 6.55. The van der Waals surface area contributed by atoms with E-state index < -0.39 is 11.9 Å². The Hall–Kier alpha value is -1.56. The molecule has 1 saturated heterocycles. The second-order valence-electron chi connectivity index (χ2n) is 5.04. The fourth-order valence-corrected chi connectivity index (χ4v) is 2.54. The molecule has 0 aromatic heterocycles. The SMILES string of the molecule is COCC1=CCN(C(=O)N2CCC(C(=O)O)C2)CC1. The molecule has 6 nitrogen and oxygen atoms in total. The second-order valence-corrected chi connectivity index (χ2v) is 5.04. The van der Waals surface area contributed by atoms with E-state index in [9.17, 15) is 9.59 Å². The van der Waals surface area contributed by atoms with Crippen LogP contribution >= 0.6 is 0 Å². The summed E-state index contributed by atoms with van der Waals surface area (Å²) in [6, 6.07) is -0.0449. The number of aliphatic carboxylic acids is 1. The van der Waals surface area contributed by atoms with Gasteiger partial charge in [-0.25, -0.2) is 4.79 Å². The molecule has 1 atom stereocenters. The summed E-state index contributed by atoms with van der Waals surface area (Å²) in [5.41, 5.74) is 1.22. The fraction of sp³-hybridized carbons (Fsp3) is 0.692. The lowest BCUT2D eigenvalue weighted by atomic mass is 10.1. The number of hydrogen-bond donors (Lipinski definition) is 1. The average molecular weight is 268 g/mol. The monoisotopic (exact) mass is 268 g/mol. The third kappa shape index (κ3) is 3.26. The van der Waals surface area contributed by atoms with Crippen LogP contribution in [0.25, 0.3) is 0 Å². The van der Waals surface area contributed by atoms with E-state index >= 15 is 0 Å². The van der Waals surface area contributed by atoms with E-state index in [1.54, 1.807) is 16.9 Å². The average Bonchev–Trinajstić information content (AvgIpc) is 2.89. The summed E-state index contributed by atoms with van der Waals surface area (Å²) in [6.45, 7) is 2.76. The van der Waals surface area contributed by atoms with Gasteiger partial charge in [0.25, 0.3) is 0 Å². The molecule has 0 aromatic carbocycles. The maximum atomic E-state index is 12.2. The third-order valence-electron chi connectivity index (χ3n) is 3.71. The molecule has 0 aliphatic carbocycles. The van der Waals surface area contributed by atoms with Crippen LogP contribution in [0.1, 0.15) is 12.8 Å². The summed E-state index contributed by atoms with van der Waals surface area (Å²) >= 11 is 0. The van der Waals surface area contributed by atoms with Gasteiger partial charge in [-0.05, 0) is 18.4 Å². The summed E-state index contributed by atoms with van der Waals surface area (Å²) in [5, 5.41) is 8.94. The zero-order valence-corrected chi connectivity index (χ0v) is 11.2. The highest BCUT2D eigenvalue weighted by Gasteiger charge is 2.33. The van der Waals surface area contributed by atoms with Crippen molar-refractivity contribution >= 4 is 12.0 Å². The Morgan fingerprint density at radius 1 is 1.42 bits per heavy atom. The Balaban J connectivity index is 1.87. The van der Waals surface area contributed by atoms with Crippen LogP contribution in [0.2, 0.25) is 0 Å². The molecular formula is C13H20N2O4. The summed E-state index contributed by atoms with van der Waals surface area (Å²) in [6.07, 6.45) is 3.41. The summed E-state index contributed by atoms with van der Waals surface area (Å²) < 4.78 is 5.07. The summed E-state index contributed by atoms with van der Waals surface area (Å²) in [7, 11) is 1.66. The molecule has 2 aliphatic heterocycles. The highest BCUT2D eigenvalue weighted by atomic mass is 16.5. The van der Waals surface area contributed by atoms with Crippen LogP contribution in [0.5, 0.6) is 0 Å². The van der Waals surface area contributed by atoms with Crippen molar-refractivity contribution in [3.8, 4) is 0 Å². The molecule has 2 amide bonds. The Morgan fingerprint density at radius 2 is 2.21 bits per heavy atom. The molecule has 19 heavy (non-hydrogen) atoms. The van der Waals surface area contributed by atoms with Gasteiger partial charge in [0.15, 0.2) is 0 Å². The number of amides is 2. The van der Waals surface area contributed by atoms with Gasteiger partial charge in [0, 0.05) is 33.3 Å². The van der Waals surface area contributed by atoms with E-state index in [1.165, 1.54) is 5.57 Å². The zero-order valence-electron chi connectivity index (χ0n) is 11.2. The molecule has 2 heterocycles. The Bertz CT molecular complexity index is 394. The Kier molecular flexibility index (Phi) is 4.42. The van der Waals surface area contributed by atoms with E-state index in [0.29, 0.717) is 39.2 Å². The first-order chi connectivity index (χ1) is 9.11. The lowest BCUT2D eigenvalue weighted by Gasteiger charge is -2.30. The van der Waals surface area contributed by atoms with Gasteiger partial charge in [0.05, 0.1) is 12.5 Å². The smallest absolute Gasteiger partial charge is 0.320 e. The van der Waals surface area contributed by atoms with Crippen molar-refractivity contribution in [1.29, 1.82) is 0 Å². The Labute approximate surface area is 112 Å². The number of carbonyl (C=O) groups excluding carboxylic acids is 1. The van der Waals surface area contributed by atoms with Crippen LogP contribution in [0.4, 0.5) is 4.79 Å². The number of ether oxygens (including phenoxy) is 1. The maximum absolute atomic E-state index is 12.2. The van der Waals surface area contributed by atoms with Gasteiger partial charge in [-0.1, -0.05) is 6.08 Å². The van der Waals surface area contributed by atoms with Crippen LogP contribution in [0, 0.1) is 5.92 Å². The van der Waals surface area contributed by atoms with Gasteiger partial charge in [-0.2, -0.15) is 0 Å². The number of rotatable bonds is 3. The van der Waals surface area contributed by atoms with Crippen LogP contribution in [0.15, 0.2) is 11.6 Å². The fourth-order valence-electron chi connectivity index (χ4n) is 2.54. The predicted octanol–water partition coefficient (Wildman–Crippen LogP) is 0.791. The predicted molar refractivity (Wildman–Crippen MR) is 68.9 cm³/mol. The maximum Gasteiger partial charge on any atom is 0.320 e. The van der Waals surface area contributed by atoms with Gasteiger partial charge in [-0.15, -0.1) is 0 Å². The normalized spacial score (nSPS) is 23.4. The molecule has 6 heteroatoms. The summed E-state index contributed by atoms with van der Waals surface area (Å²) in [4.78, 5) is 26.5. The molecular weight excluding hydrogens is 248 g/mol. The van der Waals surface area contributed by atoms with Gasteiger partial charge >= 0.3 is 12.0 Å². The minimum absolute atomic E-state index is 0.0449. The molecule has 1 fully saturated rings. The molecule has 106 valence electrons. The van der Waals surface area contributed by atoms with Gasteiger partial charge < -0.3 is 19.6 Å². The number of carboxylic acid groups (broad SMARTS) is 1. The second kappa shape index (κ2) is 6.06. The van der Waals surface area contributed by atoms with Crippen molar-refractivity contribution in [3.63, 3.8) is 0 Å². The van der Waals surface area contributed by atoms with Crippen LogP contribution in [-0.4, -0.2) is 66.8 Å². The van der Waals surface area contributed by atoms with E-state index in [0.717, 1.165) is 6.42 Å². The van der Waals surface area contributed by atoms with E-state index in [4.69, 9.17) is 9.84 Å².